The second-order valence-electron chi connectivity index (χ2n) is 7.61. The number of carbonyl (C=O) groups excluding carboxylic acids is 1. The summed E-state index contributed by atoms with van der Waals surface area (Å²) in [4.78, 5) is 22.0. The fourth-order valence-electron chi connectivity index (χ4n) is 3.21. The maximum atomic E-state index is 14.1. The highest BCUT2D eigenvalue weighted by atomic mass is 19.1. The van der Waals surface area contributed by atoms with E-state index in [-0.39, 0.29) is 24.3 Å². The molecule has 2 aromatic carbocycles. The van der Waals surface area contributed by atoms with Crippen LogP contribution in [-0.2, 0) is 9.53 Å². The zero-order valence-corrected chi connectivity index (χ0v) is 18.7. The average Bonchev–Trinajstić information content (AvgIpc) is 2.86. The minimum atomic E-state index is -0.487. The van der Waals surface area contributed by atoms with Gasteiger partial charge in [0.05, 0.1) is 25.6 Å². The van der Waals surface area contributed by atoms with Gasteiger partial charge in [0, 0.05) is 18.8 Å². The topological polar surface area (TPSA) is 101 Å². The van der Waals surface area contributed by atoms with Gasteiger partial charge in [-0.25, -0.2) is 14.8 Å². The molecule has 176 valence electrons. The van der Waals surface area contributed by atoms with Gasteiger partial charge < -0.3 is 19.7 Å². The Labute approximate surface area is 196 Å². The van der Waals surface area contributed by atoms with Crippen LogP contribution >= 0.6 is 0 Å². The number of amides is 1. The minimum absolute atomic E-state index is 0.101. The number of hydrazone groups is 1. The number of aryl methyl sites for hydroxylation is 1. The summed E-state index contributed by atoms with van der Waals surface area (Å²) in [6.45, 7) is 4.08. The summed E-state index contributed by atoms with van der Waals surface area (Å²) < 4.78 is 24.9. The zero-order valence-electron chi connectivity index (χ0n) is 18.7. The van der Waals surface area contributed by atoms with Crippen LogP contribution in [-0.4, -0.2) is 55.0 Å². The number of anilines is 3. The number of hydrogen-bond acceptors (Lipinski definition) is 8. The number of nitrogens with one attached hydrogen (secondary N) is 2. The Morgan fingerprint density at radius 2 is 1.91 bits per heavy atom. The first-order valence-corrected chi connectivity index (χ1v) is 10.8. The van der Waals surface area contributed by atoms with Gasteiger partial charge in [0.1, 0.15) is 5.75 Å². The molecule has 0 saturated carbocycles. The first-order valence-electron chi connectivity index (χ1n) is 10.8. The molecule has 1 fully saturated rings. The summed E-state index contributed by atoms with van der Waals surface area (Å²) in [5.74, 6) is 0.248. The lowest BCUT2D eigenvalue weighted by Crippen LogP contribution is -2.37. The molecule has 0 aliphatic carbocycles. The van der Waals surface area contributed by atoms with Crippen LogP contribution in [0, 0.1) is 12.7 Å². The molecule has 1 amide bonds. The summed E-state index contributed by atoms with van der Waals surface area (Å²) in [6.07, 6.45) is 2.70. The first kappa shape index (κ1) is 23.1. The molecule has 1 aliphatic heterocycles. The van der Waals surface area contributed by atoms with Crippen LogP contribution < -0.4 is 20.4 Å². The van der Waals surface area contributed by atoms with Gasteiger partial charge >= 0.3 is 0 Å². The van der Waals surface area contributed by atoms with E-state index in [0.29, 0.717) is 32.1 Å². The van der Waals surface area contributed by atoms with Gasteiger partial charge in [-0.05, 0) is 48.9 Å². The molecule has 0 unspecified atom stereocenters. The Balaban J connectivity index is 1.26. The molecule has 0 radical (unpaired) electrons. The molecule has 2 N–H and O–H groups in total. The van der Waals surface area contributed by atoms with Crippen molar-refractivity contribution >= 4 is 29.6 Å². The number of halogens is 1. The number of rotatable bonds is 8. The van der Waals surface area contributed by atoms with E-state index < -0.39 is 5.82 Å². The van der Waals surface area contributed by atoms with Crippen LogP contribution in [0.1, 0.15) is 11.1 Å². The molecule has 10 heteroatoms. The molecular weight excluding hydrogens is 439 g/mol. The standard InChI is InChI=1S/C24H25FN6O3/c1-17-2-6-19(7-3-17)28-22(32)16-34-20-8-4-18(5-9-20)14-27-30-24-26-15-21(25)23(29-24)31-10-12-33-13-11-31/h2-9,14-15H,10-13,16H2,1H3,(H,28,32)(H,26,29,30)/b27-14+. The van der Waals surface area contributed by atoms with Crippen molar-refractivity contribution in [1.82, 2.24) is 9.97 Å². The zero-order chi connectivity index (χ0) is 23.8. The molecule has 1 aromatic heterocycles. The van der Waals surface area contributed by atoms with Crippen molar-refractivity contribution in [3.8, 4) is 5.75 Å². The van der Waals surface area contributed by atoms with Crippen molar-refractivity contribution in [1.29, 1.82) is 0 Å². The van der Waals surface area contributed by atoms with Gasteiger partial charge in [0.2, 0.25) is 5.95 Å². The molecule has 34 heavy (non-hydrogen) atoms. The number of morpholine rings is 1. The molecule has 1 saturated heterocycles. The number of ether oxygens (including phenoxy) is 2. The molecule has 2 heterocycles. The third-order valence-electron chi connectivity index (χ3n) is 5.00. The Hall–Kier alpha value is -4.05. The van der Waals surface area contributed by atoms with Crippen LogP contribution in [0.3, 0.4) is 0 Å². The van der Waals surface area contributed by atoms with E-state index >= 15 is 0 Å². The maximum Gasteiger partial charge on any atom is 0.262 e. The van der Waals surface area contributed by atoms with Crippen LogP contribution in [0.2, 0.25) is 0 Å². The molecule has 4 rings (SSSR count). The SMILES string of the molecule is Cc1ccc(NC(=O)COc2ccc(/C=N/Nc3ncc(F)c(N4CCOCC4)n3)cc2)cc1. The van der Waals surface area contributed by atoms with Crippen LogP contribution in [0.5, 0.6) is 5.75 Å². The third-order valence-corrected chi connectivity index (χ3v) is 5.00. The quantitative estimate of drug-likeness (QED) is 0.390. The predicted molar refractivity (Wildman–Crippen MR) is 128 cm³/mol. The average molecular weight is 465 g/mol. The lowest BCUT2D eigenvalue weighted by molar-refractivity contribution is -0.118. The van der Waals surface area contributed by atoms with Gasteiger partial charge in [-0.3, -0.25) is 4.79 Å². The highest BCUT2D eigenvalue weighted by Gasteiger charge is 2.17. The summed E-state index contributed by atoms with van der Waals surface area (Å²) in [5.41, 5.74) is 5.35. The smallest absolute Gasteiger partial charge is 0.262 e. The van der Waals surface area contributed by atoms with Gasteiger partial charge in [0.25, 0.3) is 5.91 Å². The van der Waals surface area contributed by atoms with E-state index in [1.807, 2.05) is 36.1 Å². The number of nitrogens with zero attached hydrogens (tertiary/aromatic N) is 4. The maximum absolute atomic E-state index is 14.1. The fraction of sp³-hybridized carbons (Fsp3) is 0.250. The van der Waals surface area contributed by atoms with E-state index in [0.717, 1.165) is 23.0 Å². The summed E-state index contributed by atoms with van der Waals surface area (Å²) in [7, 11) is 0. The molecule has 0 atom stereocenters. The van der Waals surface area contributed by atoms with Gasteiger partial charge in [0.15, 0.2) is 18.2 Å². The third kappa shape index (κ3) is 6.48. The molecule has 3 aromatic rings. The van der Waals surface area contributed by atoms with Crippen molar-refractivity contribution in [2.24, 2.45) is 5.10 Å². The highest BCUT2D eigenvalue weighted by molar-refractivity contribution is 5.91. The number of aromatic nitrogens is 2. The van der Waals surface area contributed by atoms with Gasteiger partial charge in [-0.2, -0.15) is 10.1 Å². The van der Waals surface area contributed by atoms with Crippen molar-refractivity contribution in [2.45, 2.75) is 6.92 Å². The van der Waals surface area contributed by atoms with Gasteiger partial charge in [-0.1, -0.05) is 17.7 Å². The normalized spacial score (nSPS) is 13.6. The number of benzene rings is 2. The van der Waals surface area contributed by atoms with E-state index in [4.69, 9.17) is 9.47 Å². The molecular formula is C24H25FN6O3. The van der Waals surface area contributed by atoms with E-state index in [1.54, 1.807) is 30.5 Å². The van der Waals surface area contributed by atoms with Gasteiger partial charge in [-0.15, -0.1) is 0 Å². The monoisotopic (exact) mass is 464 g/mol. The lowest BCUT2D eigenvalue weighted by Gasteiger charge is -2.27. The van der Waals surface area contributed by atoms with Crippen molar-refractivity contribution in [3.63, 3.8) is 0 Å². The Morgan fingerprint density at radius 3 is 2.65 bits per heavy atom. The predicted octanol–water partition coefficient (Wildman–Crippen LogP) is 3.22. The summed E-state index contributed by atoms with van der Waals surface area (Å²) >= 11 is 0. The van der Waals surface area contributed by atoms with E-state index in [2.05, 4.69) is 25.8 Å². The van der Waals surface area contributed by atoms with Crippen LogP contribution in [0.25, 0.3) is 0 Å². The lowest BCUT2D eigenvalue weighted by atomic mass is 10.2. The Kier molecular flexibility index (Phi) is 7.61. The number of carbonyl (C=O) groups is 1. The Morgan fingerprint density at radius 1 is 1.18 bits per heavy atom. The number of hydrogen-bond donors (Lipinski definition) is 2. The molecule has 1 aliphatic rings. The minimum Gasteiger partial charge on any atom is -0.484 e. The second kappa shape index (κ2) is 11.2. The van der Waals surface area contributed by atoms with Crippen molar-refractivity contribution < 1.29 is 18.7 Å². The summed E-state index contributed by atoms with van der Waals surface area (Å²) in [5, 5.41) is 6.90. The van der Waals surface area contributed by atoms with Crippen LogP contribution in [0.4, 0.5) is 21.8 Å². The van der Waals surface area contributed by atoms with Crippen molar-refractivity contribution in [3.05, 3.63) is 71.7 Å². The highest BCUT2D eigenvalue weighted by Crippen LogP contribution is 2.18. The Bertz CT molecular complexity index is 1130. The first-order chi connectivity index (χ1) is 16.6. The van der Waals surface area contributed by atoms with E-state index in [9.17, 15) is 9.18 Å². The largest absolute Gasteiger partial charge is 0.484 e. The van der Waals surface area contributed by atoms with Crippen molar-refractivity contribution in [2.75, 3.05) is 48.6 Å². The van der Waals surface area contributed by atoms with E-state index in [1.165, 1.54) is 0 Å². The second-order valence-corrected chi connectivity index (χ2v) is 7.61. The fourth-order valence-corrected chi connectivity index (χ4v) is 3.21. The molecule has 0 spiro atoms. The van der Waals surface area contributed by atoms with Crippen LogP contribution in [0.15, 0.2) is 59.8 Å². The molecule has 9 nitrogen and oxygen atoms in total. The molecule has 0 bridgehead atoms. The summed E-state index contributed by atoms with van der Waals surface area (Å²) in [6, 6.07) is 14.6.